The topological polar surface area (TPSA) is 54.7 Å². The lowest BCUT2D eigenvalue weighted by Gasteiger charge is -2.21. The van der Waals surface area contributed by atoms with E-state index in [0.717, 1.165) is 57.3 Å². The molecule has 0 amide bonds. The second kappa shape index (κ2) is 12.2. The van der Waals surface area contributed by atoms with Crippen molar-refractivity contribution in [1.82, 2.24) is 20.0 Å². The number of nitrogens with one attached hydrogen (secondary N) is 1. The molecule has 0 radical (unpaired) electrons. The van der Waals surface area contributed by atoms with Crippen molar-refractivity contribution in [3.05, 3.63) is 47.8 Å². The van der Waals surface area contributed by atoms with Gasteiger partial charge in [0, 0.05) is 45.3 Å². The Bertz CT molecular complexity index is 787. The van der Waals surface area contributed by atoms with Crippen molar-refractivity contribution in [2.24, 2.45) is 18.0 Å². The fraction of sp³-hybridized carbons (Fsp3) is 0.565. The normalized spacial score (nSPS) is 16.6. The summed E-state index contributed by atoms with van der Waals surface area (Å²) in [5.41, 5.74) is 2.61. The average molecular weight is 525 g/mol. The second-order valence-electron chi connectivity index (χ2n) is 8.21. The Morgan fingerprint density at radius 3 is 2.70 bits per heavy atom. The first kappa shape index (κ1) is 24.5. The summed E-state index contributed by atoms with van der Waals surface area (Å²) < 4.78 is 7.65. The Morgan fingerprint density at radius 1 is 1.30 bits per heavy atom. The number of halogens is 1. The molecule has 1 aliphatic heterocycles. The van der Waals surface area contributed by atoms with E-state index in [1.54, 1.807) is 0 Å². The zero-order valence-corrected chi connectivity index (χ0v) is 21.0. The number of aryl methyl sites for hydroxylation is 1. The highest BCUT2D eigenvalue weighted by atomic mass is 127. The van der Waals surface area contributed by atoms with Crippen LogP contribution in [0.3, 0.4) is 0 Å². The van der Waals surface area contributed by atoms with Gasteiger partial charge in [0.05, 0.1) is 12.8 Å². The summed E-state index contributed by atoms with van der Waals surface area (Å²) in [5.74, 6) is 3.04. The van der Waals surface area contributed by atoms with Gasteiger partial charge in [-0.05, 0) is 48.9 Å². The summed E-state index contributed by atoms with van der Waals surface area (Å²) in [7, 11) is 1.98. The number of hydrogen-bond donors (Lipinski definition) is 1. The van der Waals surface area contributed by atoms with Crippen LogP contribution in [0.4, 0.5) is 0 Å². The van der Waals surface area contributed by atoms with E-state index in [0.29, 0.717) is 11.8 Å². The average Bonchev–Trinajstić information content (AvgIpc) is 3.36. The summed E-state index contributed by atoms with van der Waals surface area (Å²) >= 11 is 0. The Labute approximate surface area is 198 Å². The van der Waals surface area contributed by atoms with Crippen molar-refractivity contribution in [2.75, 3.05) is 32.8 Å². The van der Waals surface area contributed by atoms with E-state index in [1.807, 2.05) is 17.9 Å². The van der Waals surface area contributed by atoms with E-state index < -0.39 is 0 Å². The van der Waals surface area contributed by atoms with E-state index in [1.165, 1.54) is 11.1 Å². The van der Waals surface area contributed by atoms with E-state index in [4.69, 9.17) is 9.73 Å². The van der Waals surface area contributed by atoms with Crippen molar-refractivity contribution >= 4 is 29.9 Å². The lowest BCUT2D eigenvalue weighted by molar-refractivity contribution is 0.271. The molecule has 1 aromatic heterocycles. The van der Waals surface area contributed by atoms with Crippen LogP contribution in [0.15, 0.2) is 41.7 Å². The van der Waals surface area contributed by atoms with Crippen LogP contribution in [0.5, 0.6) is 5.75 Å². The first-order chi connectivity index (χ1) is 14.0. The number of likely N-dealkylation sites (tertiary alicyclic amines) is 1. The molecule has 0 bridgehead atoms. The Hall–Kier alpha value is -1.77. The van der Waals surface area contributed by atoms with Crippen LogP contribution in [0.2, 0.25) is 0 Å². The highest BCUT2D eigenvalue weighted by molar-refractivity contribution is 14.0. The number of ether oxygens (including phenoxy) is 1. The molecule has 1 saturated heterocycles. The van der Waals surface area contributed by atoms with Crippen LogP contribution >= 0.6 is 24.0 Å². The van der Waals surface area contributed by atoms with Gasteiger partial charge >= 0.3 is 0 Å². The maximum atomic E-state index is 5.76. The van der Waals surface area contributed by atoms with Gasteiger partial charge in [-0.1, -0.05) is 26.0 Å². The van der Waals surface area contributed by atoms with Crippen LogP contribution in [0.1, 0.15) is 44.2 Å². The molecule has 2 heterocycles. The van der Waals surface area contributed by atoms with Crippen molar-refractivity contribution in [1.29, 1.82) is 0 Å². The lowest BCUT2D eigenvalue weighted by Crippen LogP contribution is -2.40. The van der Waals surface area contributed by atoms with Gasteiger partial charge in [-0.25, -0.2) is 0 Å². The maximum absolute atomic E-state index is 5.76. The number of aliphatic imine (C=N–C) groups is 1. The van der Waals surface area contributed by atoms with E-state index in [-0.39, 0.29) is 24.0 Å². The number of rotatable bonds is 8. The highest BCUT2D eigenvalue weighted by Crippen LogP contribution is 2.26. The highest BCUT2D eigenvalue weighted by Gasteiger charge is 2.26. The Kier molecular flexibility index (Phi) is 9.94. The number of guanidine groups is 1. The third kappa shape index (κ3) is 7.18. The minimum Gasteiger partial charge on any atom is -0.493 e. The molecule has 6 nitrogen and oxygen atoms in total. The predicted molar refractivity (Wildman–Crippen MR) is 134 cm³/mol. The molecule has 2 aromatic rings. The third-order valence-electron chi connectivity index (χ3n) is 5.19. The SMILES string of the molecule is CCNC(=NCCc1ccc(OCC(C)C)cc1)N1CCC(c2cnn(C)c2)C1.I. The van der Waals surface area contributed by atoms with Gasteiger partial charge in [0.2, 0.25) is 0 Å². The van der Waals surface area contributed by atoms with Gasteiger partial charge in [-0.15, -0.1) is 24.0 Å². The van der Waals surface area contributed by atoms with Crippen molar-refractivity contribution in [3.63, 3.8) is 0 Å². The molecule has 7 heteroatoms. The minimum absolute atomic E-state index is 0. The molecule has 30 heavy (non-hydrogen) atoms. The molecule has 3 rings (SSSR count). The molecule has 1 aliphatic rings. The van der Waals surface area contributed by atoms with E-state index in [2.05, 4.69) is 66.5 Å². The number of benzene rings is 1. The van der Waals surface area contributed by atoms with Crippen molar-refractivity contribution < 1.29 is 4.74 Å². The molecule has 166 valence electrons. The molecule has 1 N–H and O–H groups in total. The molecule has 0 saturated carbocycles. The zero-order valence-electron chi connectivity index (χ0n) is 18.7. The first-order valence-electron chi connectivity index (χ1n) is 10.8. The van der Waals surface area contributed by atoms with Crippen molar-refractivity contribution in [3.8, 4) is 5.75 Å². The van der Waals surface area contributed by atoms with Gasteiger partial charge in [-0.2, -0.15) is 5.10 Å². The van der Waals surface area contributed by atoms with Gasteiger partial charge in [0.15, 0.2) is 5.96 Å². The first-order valence-corrected chi connectivity index (χ1v) is 10.8. The molecule has 1 aromatic carbocycles. The molecule has 1 atom stereocenters. The Morgan fingerprint density at radius 2 is 2.07 bits per heavy atom. The fourth-order valence-corrected chi connectivity index (χ4v) is 3.61. The smallest absolute Gasteiger partial charge is 0.193 e. The van der Waals surface area contributed by atoms with Gasteiger partial charge in [-0.3, -0.25) is 9.67 Å². The zero-order chi connectivity index (χ0) is 20.6. The predicted octanol–water partition coefficient (Wildman–Crippen LogP) is 4.07. The fourth-order valence-electron chi connectivity index (χ4n) is 3.61. The summed E-state index contributed by atoms with van der Waals surface area (Å²) in [6.45, 7) is 10.9. The monoisotopic (exact) mass is 525 g/mol. The number of aromatic nitrogens is 2. The third-order valence-corrected chi connectivity index (χ3v) is 5.19. The molecular weight excluding hydrogens is 489 g/mol. The quantitative estimate of drug-likeness (QED) is 0.321. The number of hydrogen-bond acceptors (Lipinski definition) is 3. The molecule has 1 fully saturated rings. The summed E-state index contributed by atoms with van der Waals surface area (Å²) in [5, 5.41) is 7.78. The molecule has 0 aliphatic carbocycles. The van der Waals surface area contributed by atoms with Gasteiger partial charge in [0.25, 0.3) is 0 Å². The Balaban J connectivity index is 0.00000320. The molecule has 0 spiro atoms. The van der Waals surface area contributed by atoms with Gasteiger partial charge < -0.3 is 15.0 Å². The summed E-state index contributed by atoms with van der Waals surface area (Å²) in [4.78, 5) is 7.26. The van der Waals surface area contributed by atoms with Crippen molar-refractivity contribution in [2.45, 2.75) is 39.5 Å². The van der Waals surface area contributed by atoms with Crippen LogP contribution in [-0.2, 0) is 13.5 Å². The standard InChI is InChI=1S/C23H35N5O.HI/c1-5-24-23(28-13-11-20(16-28)21-14-26-27(4)15-21)25-12-10-19-6-8-22(9-7-19)29-17-18(2)3;/h6-9,14-15,18,20H,5,10-13,16-17H2,1-4H3,(H,24,25);1H. The molecular formula is C23H36IN5O. The van der Waals surface area contributed by atoms with Gasteiger partial charge in [0.1, 0.15) is 5.75 Å². The maximum Gasteiger partial charge on any atom is 0.193 e. The van der Waals surface area contributed by atoms with Crippen LogP contribution in [0.25, 0.3) is 0 Å². The van der Waals surface area contributed by atoms with Crippen LogP contribution < -0.4 is 10.1 Å². The summed E-state index contributed by atoms with van der Waals surface area (Å²) in [6, 6.07) is 8.41. The second-order valence-corrected chi connectivity index (χ2v) is 8.21. The number of nitrogens with zero attached hydrogens (tertiary/aromatic N) is 4. The van der Waals surface area contributed by atoms with E-state index >= 15 is 0 Å². The van der Waals surface area contributed by atoms with Crippen LogP contribution in [0, 0.1) is 5.92 Å². The van der Waals surface area contributed by atoms with Crippen LogP contribution in [-0.4, -0.2) is 53.4 Å². The largest absolute Gasteiger partial charge is 0.493 e. The van der Waals surface area contributed by atoms with E-state index in [9.17, 15) is 0 Å². The summed E-state index contributed by atoms with van der Waals surface area (Å²) in [6.07, 6.45) is 6.20. The molecule has 1 unspecified atom stereocenters. The lowest BCUT2D eigenvalue weighted by atomic mass is 10.0. The minimum atomic E-state index is 0.